The first-order valence-electron chi connectivity index (χ1n) is 6.23. The van der Waals surface area contributed by atoms with Crippen molar-refractivity contribution >= 4 is 27.7 Å². The third kappa shape index (κ3) is 3.32. The topological polar surface area (TPSA) is 62.3 Å². The molecule has 0 saturated carbocycles. The molecule has 19 heavy (non-hydrogen) atoms. The fourth-order valence-electron chi connectivity index (χ4n) is 2.29. The van der Waals surface area contributed by atoms with Crippen LogP contribution >= 0.6 is 15.9 Å². The zero-order valence-corrected chi connectivity index (χ0v) is 12.3. The van der Waals surface area contributed by atoms with E-state index in [0.717, 1.165) is 17.3 Å². The normalized spacial score (nSPS) is 19.1. The van der Waals surface area contributed by atoms with E-state index in [4.69, 9.17) is 0 Å². The summed E-state index contributed by atoms with van der Waals surface area (Å²) in [6, 6.07) is 1.75. The van der Waals surface area contributed by atoms with Crippen molar-refractivity contribution in [3.8, 4) is 0 Å². The SMILES string of the molecule is CNC(=O)[C@H]1CCCN(C(=O)c2cncc(Br)c2)C1. The van der Waals surface area contributed by atoms with Gasteiger partial charge in [0.1, 0.15) is 0 Å². The molecule has 1 aliphatic rings. The zero-order chi connectivity index (χ0) is 13.8. The van der Waals surface area contributed by atoms with E-state index >= 15 is 0 Å². The number of aromatic nitrogens is 1. The lowest BCUT2D eigenvalue weighted by atomic mass is 9.96. The van der Waals surface area contributed by atoms with Crippen LogP contribution in [0.2, 0.25) is 0 Å². The lowest BCUT2D eigenvalue weighted by molar-refractivity contribution is -0.125. The smallest absolute Gasteiger partial charge is 0.255 e. The highest BCUT2D eigenvalue weighted by Gasteiger charge is 2.28. The molecule has 0 bridgehead atoms. The number of carbonyl (C=O) groups excluding carboxylic acids is 2. The summed E-state index contributed by atoms with van der Waals surface area (Å²) in [7, 11) is 1.63. The Morgan fingerprint density at radius 2 is 2.26 bits per heavy atom. The van der Waals surface area contributed by atoms with Gasteiger partial charge in [0.15, 0.2) is 0 Å². The van der Waals surface area contributed by atoms with Crippen molar-refractivity contribution in [2.45, 2.75) is 12.8 Å². The number of nitrogens with one attached hydrogen (secondary N) is 1. The first kappa shape index (κ1) is 14.0. The van der Waals surface area contributed by atoms with Crippen LogP contribution in [0.15, 0.2) is 22.9 Å². The van der Waals surface area contributed by atoms with Gasteiger partial charge in [-0.25, -0.2) is 0 Å². The number of hydrogen-bond donors (Lipinski definition) is 1. The summed E-state index contributed by atoms with van der Waals surface area (Å²) < 4.78 is 0.776. The number of amides is 2. The van der Waals surface area contributed by atoms with E-state index in [2.05, 4.69) is 26.2 Å². The van der Waals surface area contributed by atoms with Gasteiger partial charge in [0.05, 0.1) is 11.5 Å². The molecule has 1 aromatic heterocycles. The minimum atomic E-state index is -0.109. The Kier molecular flexibility index (Phi) is 4.52. The van der Waals surface area contributed by atoms with E-state index in [1.54, 1.807) is 30.4 Å². The minimum Gasteiger partial charge on any atom is -0.359 e. The second-order valence-electron chi connectivity index (χ2n) is 4.60. The third-order valence-corrected chi connectivity index (χ3v) is 3.71. The molecule has 0 aliphatic carbocycles. The number of likely N-dealkylation sites (tertiary alicyclic amines) is 1. The largest absolute Gasteiger partial charge is 0.359 e. The van der Waals surface area contributed by atoms with E-state index in [9.17, 15) is 9.59 Å². The average molecular weight is 326 g/mol. The summed E-state index contributed by atoms with van der Waals surface area (Å²) in [6.07, 6.45) is 4.88. The molecule has 2 amide bonds. The zero-order valence-electron chi connectivity index (χ0n) is 10.7. The predicted molar refractivity (Wildman–Crippen MR) is 74.6 cm³/mol. The maximum atomic E-state index is 12.3. The van der Waals surface area contributed by atoms with Crippen molar-refractivity contribution in [2.24, 2.45) is 5.92 Å². The van der Waals surface area contributed by atoms with Gasteiger partial charge < -0.3 is 10.2 Å². The van der Waals surface area contributed by atoms with Gasteiger partial charge in [0.25, 0.3) is 5.91 Å². The van der Waals surface area contributed by atoms with E-state index in [1.165, 1.54) is 0 Å². The molecule has 1 fully saturated rings. The van der Waals surface area contributed by atoms with Crippen molar-refractivity contribution < 1.29 is 9.59 Å². The van der Waals surface area contributed by atoms with Crippen LogP contribution in [-0.2, 0) is 4.79 Å². The van der Waals surface area contributed by atoms with Gasteiger partial charge in [-0.3, -0.25) is 14.6 Å². The number of rotatable bonds is 2. The number of halogens is 1. The Hall–Kier alpha value is -1.43. The van der Waals surface area contributed by atoms with Gasteiger partial charge in [-0.15, -0.1) is 0 Å². The van der Waals surface area contributed by atoms with Crippen LogP contribution in [0.5, 0.6) is 0 Å². The van der Waals surface area contributed by atoms with Crippen LogP contribution in [0.3, 0.4) is 0 Å². The van der Waals surface area contributed by atoms with Gasteiger partial charge in [0.2, 0.25) is 5.91 Å². The predicted octanol–water partition coefficient (Wildman–Crippen LogP) is 1.44. The van der Waals surface area contributed by atoms with Crippen molar-refractivity contribution in [3.63, 3.8) is 0 Å². The number of hydrogen-bond acceptors (Lipinski definition) is 3. The van der Waals surface area contributed by atoms with Crippen molar-refractivity contribution in [1.82, 2.24) is 15.2 Å². The number of carbonyl (C=O) groups is 2. The molecule has 1 aromatic rings. The number of nitrogens with zero attached hydrogens (tertiary/aromatic N) is 2. The van der Waals surface area contributed by atoms with E-state index < -0.39 is 0 Å². The molecule has 0 aromatic carbocycles. The molecule has 6 heteroatoms. The Morgan fingerprint density at radius 1 is 1.47 bits per heavy atom. The van der Waals surface area contributed by atoms with Crippen LogP contribution < -0.4 is 5.32 Å². The van der Waals surface area contributed by atoms with Crippen LogP contribution in [0.1, 0.15) is 23.2 Å². The molecule has 2 rings (SSSR count). The molecule has 1 aliphatic heterocycles. The van der Waals surface area contributed by atoms with E-state index in [0.29, 0.717) is 18.7 Å². The molecule has 5 nitrogen and oxygen atoms in total. The number of pyridine rings is 1. The Bertz CT molecular complexity index is 493. The molecule has 102 valence electrons. The van der Waals surface area contributed by atoms with Gasteiger partial charge in [-0.2, -0.15) is 0 Å². The first-order valence-corrected chi connectivity index (χ1v) is 7.02. The second kappa shape index (κ2) is 6.14. The maximum absolute atomic E-state index is 12.3. The molecular weight excluding hydrogens is 310 g/mol. The van der Waals surface area contributed by atoms with E-state index in [1.807, 2.05) is 0 Å². The van der Waals surface area contributed by atoms with Gasteiger partial charge in [0, 0.05) is 37.0 Å². The molecule has 1 N–H and O–H groups in total. The lowest BCUT2D eigenvalue weighted by Crippen LogP contribution is -2.44. The van der Waals surface area contributed by atoms with Crippen molar-refractivity contribution in [1.29, 1.82) is 0 Å². The second-order valence-corrected chi connectivity index (χ2v) is 5.51. The first-order chi connectivity index (χ1) is 9.11. The van der Waals surface area contributed by atoms with Gasteiger partial charge in [-0.1, -0.05) is 0 Å². The summed E-state index contributed by atoms with van der Waals surface area (Å²) in [5.74, 6) is -0.171. The molecule has 0 unspecified atom stereocenters. The summed E-state index contributed by atoms with van der Waals surface area (Å²) >= 11 is 3.30. The highest BCUT2D eigenvalue weighted by molar-refractivity contribution is 9.10. The summed E-state index contributed by atoms with van der Waals surface area (Å²) in [6.45, 7) is 1.17. The van der Waals surface area contributed by atoms with E-state index in [-0.39, 0.29) is 17.7 Å². The molecule has 1 atom stereocenters. The fourth-order valence-corrected chi connectivity index (χ4v) is 2.66. The highest BCUT2D eigenvalue weighted by Crippen LogP contribution is 2.19. The summed E-state index contributed by atoms with van der Waals surface area (Å²) in [4.78, 5) is 29.7. The van der Waals surface area contributed by atoms with Crippen molar-refractivity contribution in [3.05, 3.63) is 28.5 Å². The van der Waals surface area contributed by atoms with Crippen LogP contribution in [0, 0.1) is 5.92 Å². The molecule has 1 saturated heterocycles. The average Bonchev–Trinajstić information content (AvgIpc) is 2.45. The van der Waals surface area contributed by atoms with Crippen LogP contribution in [0.4, 0.5) is 0 Å². The maximum Gasteiger partial charge on any atom is 0.255 e. The molecule has 0 radical (unpaired) electrons. The van der Waals surface area contributed by atoms with Crippen LogP contribution in [0.25, 0.3) is 0 Å². The van der Waals surface area contributed by atoms with Crippen LogP contribution in [-0.4, -0.2) is 41.8 Å². The Balaban J connectivity index is 2.09. The Morgan fingerprint density at radius 3 is 2.95 bits per heavy atom. The summed E-state index contributed by atoms with van der Waals surface area (Å²) in [5, 5.41) is 2.65. The molecule has 0 spiro atoms. The standard InChI is InChI=1S/C13H16BrN3O2/c1-15-12(18)9-3-2-4-17(8-9)13(19)10-5-11(14)7-16-6-10/h5-7,9H,2-4,8H2,1H3,(H,15,18)/t9-/m0/s1. The van der Waals surface area contributed by atoms with Gasteiger partial charge in [-0.05, 0) is 34.8 Å². The third-order valence-electron chi connectivity index (χ3n) is 3.28. The van der Waals surface area contributed by atoms with Crippen molar-refractivity contribution in [2.75, 3.05) is 20.1 Å². The van der Waals surface area contributed by atoms with Gasteiger partial charge >= 0.3 is 0 Å². The monoisotopic (exact) mass is 325 g/mol. The summed E-state index contributed by atoms with van der Waals surface area (Å²) in [5.41, 5.74) is 0.548. The Labute approximate surface area is 120 Å². The molecular formula is C13H16BrN3O2. The lowest BCUT2D eigenvalue weighted by Gasteiger charge is -2.31. The quantitative estimate of drug-likeness (QED) is 0.895. The molecule has 2 heterocycles. The minimum absolute atomic E-state index is 0.00451. The number of piperidine rings is 1. The fraction of sp³-hybridized carbons (Fsp3) is 0.462. The highest BCUT2D eigenvalue weighted by atomic mass is 79.9.